The van der Waals surface area contributed by atoms with Crippen molar-refractivity contribution in [3.63, 3.8) is 0 Å². The summed E-state index contributed by atoms with van der Waals surface area (Å²) in [7, 11) is 1.53. The molecule has 2 N–H and O–H groups in total. The molecule has 41 heavy (non-hydrogen) atoms. The molecule has 1 aliphatic heterocycles. The van der Waals surface area contributed by atoms with Crippen molar-refractivity contribution >= 4 is 29.2 Å². The third-order valence-corrected chi connectivity index (χ3v) is 7.27. The zero-order valence-electron chi connectivity index (χ0n) is 22.1. The molecule has 1 unspecified atom stereocenters. The van der Waals surface area contributed by atoms with Crippen LogP contribution in [0.4, 0.5) is 0 Å². The summed E-state index contributed by atoms with van der Waals surface area (Å²) in [5, 5.41) is 11.0. The van der Waals surface area contributed by atoms with Crippen LogP contribution in [0, 0.1) is 18.3 Å². The van der Waals surface area contributed by atoms with Gasteiger partial charge < -0.3 is 24.7 Å². The summed E-state index contributed by atoms with van der Waals surface area (Å²) in [6.07, 6.45) is 0. The van der Waals surface area contributed by atoms with Crippen molar-refractivity contribution in [3.8, 4) is 29.1 Å². The predicted octanol–water partition coefficient (Wildman–Crippen LogP) is 7.33. The smallest absolute Gasteiger partial charge is 0.343 e. The van der Waals surface area contributed by atoms with Crippen molar-refractivity contribution in [2.75, 3.05) is 7.11 Å². The SMILES string of the molecule is COc1cc(C2C(C#N)=C(N)Oc3cc(OC(=O)c4ccccc4C)ccc32)ccc1OCc1ccc(Cl)cc1Cl. The molecule has 0 aliphatic carbocycles. The number of methoxy groups -OCH3 is 1. The molecule has 0 saturated heterocycles. The Morgan fingerprint density at radius 2 is 1.83 bits per heavy atom. The van der Waals surface area contributed by atoms with Crippen LogP contribution in [0.2, 0.25) is 10.0 Å². The molecule has 4 aromatic rings. The molecule has 7 nitrogen and oxygen atoms in total. The maximum atomic E-state index is 12.8. The zero-order chi connectivity index (χ0) is 29.1. The van der Waals surface area contributed by atoms with E-state index in [1.165, 1.54) is 7.11 Å². The van der Waals surface area contributed by atoms with Crippen molar-refractivity contribution in [2.45, 2.75) is 19.4 Å². The number of halogens is 2. The van der Waals surface area contributed by atoms with Gasteiger partial charge in [0.05, 0.1) is 18.6 Å². The van der Waals surface area contributed by atoms with E-state index in [0.717, 1.165) is 16.7 Å². The van der Waals surface area contributed by atoms with E-state index in [-0.39, 0.29) is 23.8 Å². The molecular formula is C32H24Cl2N2O5. The lowest BCUT2D eigenvalue weighted by Gasteiger charge is -2.27. The Kier molecular flexibility index (Phi) is 8.06. The number of fused-ring (bicyclic) bond motifs is 1. The Morgan fingerprint density at radius 3 is 2.56 bits per heavy atom. The van der Waals surface area contributed by atoms with E-state index >= 15 is 0 Å². The van der Waals surface area contributed by atoms with Gasteiger partial charge in [0, 0.05) is 27.2 Å². The maximum Gasteiger partial charge on any atom is 0.343 e. The lowest BCUT2D eigenvalue weighted by Crippen LogP contribution is -2.21. The largest absolute Gasteiger partial charge is 0.493 e. The number of rotatable bonds is 7. The van der Waals surface area contributed by atoms with E-state index in [1.807, 2.05) is 25.1 Å². The first-order valence-corrected chi connectivity index (χ1v) is 13.3. The van der Waals surface area contributed by atoms with Gasteiger partial charge >= 0.3 is 5.97 Å². The van der Waals surface area contributed by atoms with E-state index in [9.17, 15) is 10.1 Å². The molecule has 4 aromatic carbocycles. The van der Waals surface area contributed by atoms with Gasteiger partial charge in [-0.3, -0.25) is 0 Å². The second kappa shape index (κ2) is 11.8. The highest BCUT2D eigenvalue weighted by atomic mass is 35.5. The first-order chi connectivity index (χ1) is 19.8. The first kappa shape index (κ1) is 27.9. The Bertz CT molecular complexity index is 1730. The normalized spacial score (nSPS) is 14.0. The van der Waals surface area contributed by atoms with Crippen molar-refractivity contribution in [3.05, 3.63) is 128 Å². The van der Waals surface area contributed by atoms with Crippen LogP contribution in [0.25, 0.3) is 0 Å². The third kappa shape index (κ3) is 5.80. The van der Waals surface area contributed by atoms with Crippen LogP contribution in [0.15, 0.2) is 90.3 Å². The van der Waals surface area contributed by atoms with Crippen LogP contribution in [0.3, 0.4) is 0 Å². The van der Waals surface area contributed by atoms with Crippen molar-refractivity contribution in [2.24, 2.45) is 5.73 Å². The number of nitriles is 1. The summed E-state index contributed by atoms with van der Waals surface area (Å²) in [6.45, 7) is 2.04. The number of esters is 1. The van der Waals surface area contributed by atoms with E-state index in [2.05, 4.69) is 6.07 Å². The monoisotopic (exact) mass is 586 g/mol. The van der Waals surface area contributed by atoms with Gasteiger partial charge in [0.1, 0.15) is 29.7 Å². The number of benzene rings is 4. The number of ether oxygens (including phenoxy) is 4. The van der Waals surface area contributed by atoms with Crippen molar-refractivity contribution in [1.29, 1.82) is 5.26 Å². The van der Waals surface area contributed by atoms with E-state index in [0.29, 0.717) is 38.4 Å². The molecule has 0 aromatic heterocycles. The predicted molar refractivity (Wildman–Crippen MR) is 156 cm³/mol. The zero-order valence-corrected chi connectivity index (χ0v) is 23.6. The summed E-state index contributed by atoms with van der Waals surface area (Å²) in [5.74, 6) is 0.521. The van der Waals surface area contributed by atoms with Crippen LogP contribution in [-0.4, -0.2) is 13.1 Å². The number of nitrogens with two attached hydrogens (primary N) is 1. The van der Waals surface area contributed by atoms with Gasteiger partial charge in [0.15, 0.2) is 11.5 Å². The number of nitrogens with zero attached hydrogens (tertiary/aromatic N) is 1. The number of allylic oxidation sites excluding steroid dienone is 1. The number of carbonyl (C=O) groups excluding carboxylic acids is 1. The minimum atomic E-state index is -0.557. The summed E-state index contributed by atoms with van der Waals surface area (Å²) >= 11 is 12.3. The third-order valence-electron chi connectivity index (χ3n) is 6.69. The molecule has 1 aliphatic rings. The van der Waals surface area contributed by atoms with E-state index < -0.39 is 11.9 Å². The topological polar surface area (TPSA) is 104 Å². The molecule has 5 rings (SSSR count). The fraction of sp³-hybridized carbons (Fsp3) is 0.125. The average Bonchev–Trinajstić information content (AvgIpc) is 2.96. The quantitative estimate of drug-likeness (QED) is 0.178. The molecule has 9 heteroatoms. The van der Waals surface area contributed by atoms with Gasteiger partial charge in [-0.1, -0.05) is 59.6 Å². The van der Waals surface area contributed by atoms with Crippen LogP contribution >= 0.6 is 23.2 Å². The molecule has 0 fully saturated rings. The van der Waals surface area contributed by atoms with Gasteiger partial charge in [0.25, 0.3) is 0 Å². The fourth-order valence-electron chi connectivity index (χ4n) is 4.58. The van der Waals surface area contributed by atoms with E-state index in [4.69, 9.17) is 47.9 Å². The second-order valence-corrected chi connectivity index (χ2v) is 10.1. The van der Waals surface area contributed by atoms with Crippen LogP contribution in [0.5, 0.6) is 23.0 Å². The molecule has 1 atom stereocenters. The first-order valence-electron chi connectivity index (χ1n) is 12.5. The molecule has 0 radical (unpaired) electrons. The number of carbonyl (C=O) groups is 1. The number of aryl methyl sites for hydroxylation is 1. The van der Waals surface area contributed by atoms with Crippen LogP contribution < -0.4 is 24.7 Å². The van der Waals surface area contributed by atoms with E-state index in [1.54, 1.807) is 60.7 Å². The Labute approximate surface area is 247 Å². The highest BCUT2D eigenvalue weighted by molar-refractivity contribution is 6.35. The number of hydrogen-bond acceptors (Lipinski definition) is 7. The lowest BCUT2D eigenvalue weighted by molar-refractivity contribution is 0.0733. The Hall–Kier alpha value is -4.64. The molecule has 0 bridgehead atoms. The van der Waals surface area contributed by atoms with Gasteiger partial charge in [-0.25, -0.2) is 4.79 Å². The summed E-state index contributed by atoms with van der Waals surface area (Å²) < 4.78 is 23.0. The molecule has 0 spiro atoms. The fourth-order valence-corrected chi connectivity index (χ4v) is 5.05. The second-order valence-electron chi connectivity index (χ2n) is 9.26. The lowest BCUT2D eigenvalue weighted by atomic mass is 9.83. The average molecular weight is 587 g/mol. The minimum Gasteiger partial charge on any atom is -0.493 e. The highest BCUT2D eigenvalue weighted by Crippen LogP contribution is 2.45. The summed E-state index contributed by atoms with van der Waals surface area (Å²) in [4.78, 5) is 12.8. The Morgan fingerprint density at radius 1 is 1.02 bits per heavy atom. The molecule has 0 amide bonds. The van der Waals surface area contributed by atoms with Crippen LogP contribution in [-0.2, 0) is 6.61 Å². The summed E-state index contributed by atoms with van der Waals surface area (Å²) in [5.41, 5.74) is 9.86. The highest BCUT2D eigenvalue weighted by Gasteiger charge is 2.32. The van der Waals surface area contributed by atoms with Crippen molar-refractivity contribution < 1.29 is 23.7 Å². The van der Waals surface area contributed by atoms with Gasteiger partial charge in [-0.2, -0.15) is 5.26 Å². The molecular weight excluding hydrogens is 563 g/mol. The molecule has 0 saturated carbocycles. The van der Waals surface area contributed by atoms with Crippen molar-refractivity contribution in [1.82, 2.24) is 0 Å². The van der Waals surface area contributed by atoms with Gasteiger partial charge in [-0.05, 0) is 54.4 Å². The Balaban J connectivity index is 1.44. The molecule has 1 heterocycles. The maximum absolute atomic E-state index is 12.8. The van der Waals surface area contributed by atoms with Crippen LogP contribution in [0.1, 0.15) is 38.5 Å². The molecule has 206 valence electrons. The number of hydrogen-bond donors (Lipinski definition) is 1. The summed E-state index contributed by atoms with van der Waals surface area (Å²) in [6, 6.07) is 24.9. The van der Waals surface area contributed by atoms with Gasteiger partial charge in [-0.15, -0.1) is 0 Å². The standard InChI is InChI=1S/C32H24Cl2N2O5/c1-18-5-3-4-6-23(18)32(37)40-22-10-11-24-28(15-22)41-31(36)25(16-35)30(24)19-8-12-27(29(13-19)38-2)39-17-20-7-9-21(33)14-26(20)34/h3-15,30H,17,36H2,1-2H3. The minimum absolute atomic E-state index is 0.0379. The van der Waals surface area contributed by atoms with Gasteiger partial charge in [0.2, 0.25) is 5.88 Å².